The highest BCUT2D eigenvalue weighted by molar-refractivity contribution is 5.93. The van der Waals surface area contributed by atoms with Crippen LogP contribution in [0.1, 0.15) is 46.5 Å². The number of aliphatic carboxylic acids is 1. The molecule has 0 saturated heterocycles. The molecule has 3 nitrogen and oxygen atoms in total. The van der Waals surface area contributed by atoms with E-state index in [4.69, 9.17) is 0 Å². The van der Waals surface area contributed by atoms with E-state index in [1.807, 2.05) is 20.8 Å². The van der Waals surface area contributed by atoms with Crippen LogP contribution in [0.3, 0.4) is 0 Å². The summed E-state index contributed by atoms with van der Waals surface area (Å²) in [6.07, 6.45) is 2.26. The standard InChI is InChI=1S/C12H18O3/c1-10(2)7-12(9(14)15)5-4-11(10,3)8(13)6-12/h4-7H2,1-3H3,(H,14,15). The Bertz CT molecular complexity index is 345. The van der Waals surface area contributed by atoms with Crippen LogP contribution in [-0.4, -0.2) is 16.9 Å². The minimum Gasteiger partial charge on any atom is -0.481 e. The Morgan fingerprint density at radius 1 is 1.27 bits per heavy atom. The van der Waals surface area contributed by atoms with Crippen molar-refractivity contribution < 1.29 is 14.7 Å². The molecule has 15 heavy (non-hydrogen) atoms. The first-order valence-electron chi connectivity index (χ1n) is 5.50. The van der Waals surface area contributed by atoms with Crippen molar-refractivity contribution in [2.75, 3.05) is 0 Å². The van der Waals surface area contributed by atoms with Gasteiger partial charge in [-0.15, -0.1) is 0 Å². The molecule has 0 heterocycles. The number of hydrogen-bond donors (Lipinski definition) is 1. The molecule has 2 atom stereocenters. The van der Waals surface area contributed by atoms with Crippen LogP contribution in [0.5, 0.6) is 0 Å². The molecule has 2 unspecified atom stereocenters. The van der Waals surface area contributed by atoms with Gasteiger partial charge in [-0.25, -0.2) is 0 Å². The quantitative estimate of drug-likeness (QED) is 0.722. The molecule has 3 heteroatoms. The summed E-state index contributed by atoms with van der Waals surface area (Å²) in [5, 5.41) is 9.30. The van der Waals surface area contributed by atoms with Crippen molar-refractivity contribution in [3.05, 3.63) is 0 Å². The number of ketones is 1. The van der Waals surface area contributed by atoms with Crippen LogP contribution in [0.15, 0.2) is 0 Å². The largest absolute Gasteiger partial charge is 0.481 e. The average molecular weight is 210 g/mol. The summed E-state index contributed by atoms with van der Waals surface area (Å²) >= 11 is 0. The molecule has 0 amide bonds. The van der Waals surface area contributed by atoms with E-state index in [9.17, 15) is 14.7 Å². The van der Waals surface area contributed by atoms with Crippen LogP contribution < -0.4 is 0 Å². The summed E-state index contributed by atoms with van der Waals surface area (Å²) in [4.78, 5) is 23.4. The second kappa shape index (κ2) is 2.63. The van der Waals surface area contributed by atoms with E-state index in [-0.39, 0.29) is 23.0 Å². The first kappa shape index (κ1) is 10.7. The lowest BCUT2D eigenvalue weighted by Crippen LogP contribution is -2.59. The Hall–Kier alpha value is -0.860. The Balaban J connectivity index is 2.47. The van der Waals surface area contributed by atoms with Gasteiger partial charge in [-0.1, -0.05) is 20.8 Å². The molecular formula is C12H18O3. The zero-order valence-electron chi connectivity index (χ0n) is 9.59. The summed E-state index contributed by atoms with van der Waals surface area (Å²) in [6.45, 7) is 6.06. The van der Waals surface area contributed by atoms with Crippen LogP contribution in [0.4, 0.5) is 0 Å². The Kier molecular flexibility index (Phi) is 1.87. The van der Waals surface area contributed by atoms with Crippen molar-refractivity contribution in [1.82, 2.24) is 0 Å². The van der Waals surface area contributed by atoms with Crippen LogP contribution in [0, 0.1) is 16.2 Å². The van der Waals surface area contributed by atoms with Crippen molar-refractivity contribution in [3.63, 3.8) is 0 Å². The highest BCUT2D eigenvalue weighted by Gasteiger charge is 2.63. The van der Waals surface area contributed by atoms with E-state index in [0.29, 0.717) is 12.8 Å². The molecule has 84 valence electrons. The lowest BCUT2D eigenvalue weighted by molar-refractivity contribution is -0.179. The fourth-order valence-electron chi connectivity index (χ4n) is 3.39. The van der Waals surface area contributed by atoms with E-state index in [2.05, 4.69) is 0 Å². The maximum absolute atomic E-state index is 12.0. The number of carbonyl (C=O) groups excluding carboxylic acids is 1. The van der Waals surface area contributed by atoms with Gasteiger partial charge in [0.15, 0.2) is 0 Å². The molecule has 3 fully saturated rings. The molecule has 3 rings (SSSR count). The SMILES string of the molecule is CC1(C)CC2(C(=O)O)CCC1(C)C(=O)C2. The van der Waals surface area contributed by atoms with E-state index in [1.165, 1.54) is 0 Å². The van der Waals surface area contributed by atoms with Gasteiger partial charge in [0.2, 0.25) is 0 Å². The van der Waals surface area contributed by atoms with Gasteiger partial charge < -0.3 is 5.11 Å². The van der Waals surface area contributed by atoms with Crippen molar-refractivity contribution in [2.45, 2.75) is 46.5 Å². The summed E-state index contributed by atoms with van der Waals surface area (Å²) in [6, 6.07) is 0. The van der Waals surface area contributed by atoms with Gasteiger partial charge in [0.05, 0.1) is 5.41 Å². The van der Waals surface area contributed by atoms with Crippen molar-refractivity contribution in [3.8, 4) is 0 Å². The third-order valence-corrected chi connectivity index (χ3v) is 4.95. The summed E-state index contributed by atoms with van der Waals surface area (Å²) in [7, 11) is 0. The third-order valence-electron chi connectivity index (χ3n) is 4.95. The second-order valence-electron chi connectivity index (χ2n) is 6.08. The van der Waals surface area contributed by atoms with Gasteiger partial charge in [-0.3, -0.25) is 9.59 Å². The maximum Gasteiger partial charge on any atom is 0.310 e. The maximum atomic E-state index is 12.0. The first-order valence-corrected chi connectivity index (χ1v) is 5.50. The third kappa shape index (κ3) is 1.12. The zero-order chi connectivity index (χ0) is 11.5. The number of carboxylic acid groups (broad SMARTS) is 1. The van der Waals surface area contributed by atoms with E-state index in [0.717, 1.165) is 6.42 Å². The fraction of sp³-hybridized carbons (Fsp3) is 0.833. The van der Waals surface area contributed by atoms with Crippen molar-refractivity contribution in [2.24, 2.45) is 16.2 Å². The van der Waals surface area contributed by atoms with Crippen LogP contribution in [0.25, 0.3) is 0 Å². The number of hydrogen-bond acceptors (Lipinski definition) is 2. The molecule has 1 N–H and O–H groups in total. The molecule has 0 radical (unpaired) electrons. The average Bonchev–Trinajstić information content (AvgIpc) is 2.08. The number of rotatable bonds is 1. The highest BCUT2D eigenvalue weighted by Crippen LogP contribution is 2.63. The smallest absolute Gasteiger partial charge is 0.310 e. The fourth-order valence-corrected chi connectivity index (χ4v) is 3.39. The van der Waals surface area contributed by atoms with E-state index in [1.54, 1.807) is 0 Å². The summed E-state index contributed by atoms with van der Waals surface area (Å²) in [5.41, 5.74) is -1.25. The summed E-state index contributed by atoms with van der Waals surface area (Å²) < 4.78 is 0. The monoisotopic (exact) mass is 210 g/mol. The van der Waals surface area contributed by atoms with Crippen LogP contribution in [-0.2, 0) is 9.59 Å². The molecule has 0 spiro atoms. The topological polar surface area (TPSA) is 54.4 Å². The van der Waals surface area contributed by atoms with Gasteiger partial charge in [0.1, 0.15) is 5.78 Å². The Labute approximate surface area is 89.9 Å². The first-order chi connectivity index (χ1) is 6.74. The lowest BCUT2D eigenvalue weighted by Gasteiger charge is -2.58. The van der Waals surface area contributed by atoms with Gasteiger partial charge >= 0.3 is 5.97 Å². The number of carboxylic acids is 1. The summed E-state index contributed by atoms with van der Waals surface area (Å²) in [5.74, 6) is -0.641. The number of fused-ring (bicyclic) bond motifs is 3. The number of carbonyl (C=O) groups is 2. The predicted octanol–water partition coefficient (Wildman–Crippen LogP) is 2.25. The predicted molar refractivity (Wildman–Crippen MR) is 55.4 cm³/mol. The zero-order valence-corrected chi connectivity index (χ0v) is 9.59. The Morgan fingerprint density at radius 3 is 2.27 bits per heavy atom. The van der Waals surface area contributed by atoms with E-state index >= 15 is 0 Å². The molecule has 0 aliphatic heterocycles. The molecular weight excluding hydrogens is 192 g/mol. The molecule has 3 aliphatic carbocycles. The van der Waals surface area contributed by atoms with Crippen LogP contribution >= 0.6 is 0 Å². The van der Waals surface area contributed by atoms with Gasteiger partial charge in [0.25, 0.3) is 0 Å². The molecule has 3 saturated carbocycles. The highest BCUT2D eigenvalue weighted by atomic mass is 16.4. The molecule has 3 aliphatic rings. The van der Waals surface area contributed by atoms with Crippen molar-refractivity contribution >= 4 is 11.8 Å². The second-order valence-corrected chi connectivity index (χ2v) is 6.08. The van der Waals surface area contributed by atoms with Crippen LogP contribution in [0.2, 0.25) is 0 Å². The number of Topliss-reactive ketones (excluding diaryl/α,β-unsaturated/α-hetero) is 1. The van der Waals surface area contributed by atoms with Crippen molar-refractivity contribution in [1.29, 1.82) is 0 Å². The lowest BCUT2D eigenvalue weighted by atomic mass is 9.44. The molecule has 2 bridgehead atoms. The van der Waals surface area contributed by atoms with Gasteiger partial charge in [-0.2, -0.15) is 0 Å². The van der Waals surface area contributed by atoms with Gasteiger partial charge in [-0.05, 0) is 24.7 Å². The van der Waals surface area contributed by atoms with Gasteiger partial charge in [0, 0.05) is 11.8 Å². The molecule has 0 aromatic heterocycles. The molecule has 0 aromatic rings. The minimum absolute atomic E-state index is 0.146. The Morgan fingerprint density at radius 2 is 1.87 bits per heavy atom. The minimum atomic E-state index is -0.786. The normalized spacial score (nSPS) is 43.0. The molecule has 0 aromatic carbocycles. The van der Waals surface area contributed by atoms with E-state index < -0.39 is 11.4 Å².